The Morgan fingerprint density at radius 2 is 1.86 bits per heavy atom. The lowest BCUT2D eigenvalue weighted by Crippen LogP contribution is -2.19. The summed E-state index contributed by atoms with van der Waals surface area (Å²) in [6, 6.07) is 7.96. The van der Waals surface area contributed by atoms with Crippen LogP contribution in [0.15, 0.2) is 24.3 Å². The van der Waals surface area contributed by atoms with Crippen molar-refractivity contribution in [3.8, 4) is 0 Å². The molecular weight excluding hydrogens is 217 g/mol. The van der Waals surface area contributed by atoms with Crippen LogP contribution in [-0.4, -0.2) is 24.4 Å². The lowest BCUT2D eigenvalue weighted by molar-refractivity contribution is 0.328. The third kappa shape index (κ3) is 4.32. The number of halogens is 2. The second-order valence-electron chi connectivity index (χ2n) is 3.41. The highest BCUT2D eigenvalue weighted by Crippen LogP contribution is 2.10. The molecule has 0 atom stereocenters. The average Bonchev–Trinajstić information content (AvgIpc) is 2.18. The number of hydrogen-bond acceptors (Lipinski definition) is 1. The molecule has 1 aromatic carbocycles. The van der Waals surface area contributed by atoms with Crippen molar-refractivity contribution in [2.75, 3.05) is 19.5 Å². The van der Waals surface area contributed by atoms with Crippen molar-refractivity contribution in [3.63, 3.8) is 0 Å². The Morgan fingerprint density at radius 3 is 2.43 bits per heavy atom. The molecular formula is C11H15Cl2N. The first kappa shape index (κ1) is 11.8. The summed E-state index contributed by atoms with van der Waals surface area (Å²) < 4.78 is 0. The van der Waals surface area contributed by atoms with Crippen molar-refractivity contribution < 1.29 is 0 Å². The molecule has 1 nitrogen and oxygen atoms in total. The molecule has 3 heteroatoms. The van der Waals surface area contributed by atoms with Gasteiger partial charge in [-0.05, 0) is 37.7 Å². The van der Waals surface area contributed by atoms with Gasteiger partial charge in [0.25, 0.3) is 0 Å². The van der Waals surface area contributed by atoms with Crippen molar-refractivity contribution in [2.24, 2.45) is 0 Å². The SMILES string of the molecule is CN(CCCCl)Cc1ccc(Cl)cc1. The fourth-order valence-corrected chi connectivity index (χ4v) is 1.56. The van der Waals surface area contributed by atoms with Gasteiger partial charge in [-0.15, -0.1) is 11.6 Å². The minimum atomic E-state index is 0.727. The van der Waals surface area contributed by atoms with Crippen molar-refractivity contribution in [1.29, 1.82) is 0 Å². The zero-order chi connectivity index (χ0) is 10.4. The quantitative estimate of drug-likeness (QED) is 0.703. The van der Waals surface area contributed by atoms with Gasteiger partial charge in [0.05, 0.1) is 0 Å². The molecule has 0 saturated carbocycles. The van der Waals surface area contributed by atoms with E-state index in [1.165, 1.54) is 5.56 Å². The largest absolute Gasteiger partial charge is 0.302 e. The van der Waals surface area contributed by atoms with Gasteiger partial charge in [0.2, 0.25) is 0 Å². The number of nitrogens with zero attached hydrogens (tertiary/aromatic N) is 1. The van der Waals surface area contributed by atoms with Crippen molar-refractivity contribution in [2.45, 2.75) is 13.0 Å². The predicted molar refractivity (Wildman–Crippen MR) is 63.1 cm³/mol. The standard InChI is InChI=1S/C11H15Cl2N/c1-14(8-2-7-12)9-10-3-5-11(13)6-4-10/h3-6H,2,7-9H2,1H3. The molecule has 1 rings (SSSR count). The molecule has 14 heavy (non-hydrogen) atoms. The van der Waals surface area contributed by atoms with Gasteiger partial charge < -0.3 is 4.90 Å². The van der Waals surface area contributed by atoms with E-state index in [4.69, 9.17) is 23.2 Å². The van der Waals surface area contributed by atoms with Crippen LogP contribution in [0.3, 0.4) is 0 Å². The maximum Gasteiger partial charge on any atom is 0.0406 e. The highest BCUT2D eigenvalue weighted by molar-refractivity contribution is 6.30. The summed E-state index contributed by atoms with van der Waals surface area (Å²) in [7, 11) is 2.10. The third-order valence-corrected chi connectivity index (χ3v) is 2.56. The zero-order valence-electron chi connectivity index (χ0n) is 8.34. The number of rotatable bonds is 5. The van der Waals surface area contributed by atoms with E-state index in [-0.39, 0.29) is 0 Å². The summed E-state index contributed by atoms with van der Waals surface area (Å²) in [5.74, 6) is 0.727. The molecule has 0 bridgehead atoms. The molecule has 0 saturated heterocycles. The lowest BCUT2D eigenvalue weighted by Gasteiger charge is -2.15. The van der Waals surface area contributed by atoms with Crippen LogP contribution in [-0.2, 0) is 6.54 Å². The minimum Gasteiger partial charge on any atom is -0.302 e. The Bertz CT molecular complexity index is 258. The van der Waals surface area contributed by atoms with Crippen LogP contribution in [0.5, 0.6) is 0 Å². The molecule has 0 aromatic heterocycles. The van der Waals surface area contributed by atoms with E-state index in [1.54, 1.807) is 0 Å². The molecule has 0 N–H and O–H groups in total. The smallest absolute Gasteiger partial charge is 0.0406 e. The molecule has 0 fully saturated rings. The van der Waals surface area contributed by atoms with Gasteiger partial charge >= 0.3 is 0 Å². The van der Waals surface area contributed by atoms with Gasteiger partial charge in [0.1, 0.15) is 0 Å². The molecule has 78 valence electrons. The summed E-state index contributed by atoms with van der Waals surface area (Å²) in [6.07, 6.45) is 1.03. The molecule has 0 amide bonds. The van der Waals surface area contributed by atoms with Gasteiger partial charge in [-0.25, -0.2) is 0 Å². The van der Waals surface area contributed by atoms with Crippen LogP contribution in [0, 0.1) is 0 Å². The second kappa shape index (κ2) is 6.28. The number of hydrogen-bond donors (Lipinski definition) is 0. The fraction of sp³-hybridized carbons (Fsp3) is 0.455. The Kier molecular flexibility index (Phi) is 5.31. The van der Waals surface area contributed by atoms with Crippen LogP contribution < -0.4 is 0 Å². The monoisotopic (exact) mass is 231 g/mol. The zero-order valence-corrected chi connectivity index (χ0v) is 9.85. The van der Waals surface area contributed by atoms with Crippen molar-refractivity contribution in [3.05, 3.63) is 34.9 Å². The molecule has 1 aromatic rings. The van der Waals surface area contributed by atoms with Gasteiger partial charge in [-0.1, -0.05) is 23.7 Å². The van der Waals surface area contributed by atoms with Crippen molar-refractivity contribution >= 4 is 23.2 Å². The summed E-state index contributed by atoms with van der Waals surface area (Å²) in [6.45, 7) is 1.99. The van der Waals surface area contributed by atoms with E-state index in [0.29, 0.717) is 0 Å². The highest BCUT2D eigenvalue weighted by atomic mass is 35.5. The van der Waals surface area contributed by atoms with Gasteiger partial charge in [-0.3, -0.25) is 0 Å². The minimum absolute atomic E-state index is 0.727. The molecule has 0 heterocycles. The van der Waals surface area contributed by atoms with Crippen LogP contribution in [0.1, 0.15) is 12.0 Å². The number of alkyl halides is 1. The first-order chi connectivity index (χ1) is 6.72. The van der Waals surface area contributed by atoms with E-state index in [1.807, 2.05) is 12.1 Å². The third-order valence-electron chi connectivity index (χ3n) is 2.04. The van der Waals surface area contributed by atoms with Gasteiger partial charge in [0, 0.05) is 17.4 Å². The Balaban J connectivity index is 2.39. The summed E-state index contributed by atoms with van der Waals surface area (Å²) in [4.78, 5) is 2.26. The summed E-state index contributed by atoms with van der Waals surface area (Å²) in [5, 5.41) is 0.789. The van der Waals surface area contributed by atoms with Crippen LogP contribution in [0.4, 0.5) is 0 Å². The van der Waals surface area contributed by atoms with E-state index in [9.17, 15) is 0 Å². The molecule has 0 aliphatic rings. The first-order valence-corrected chi connectivity index (χ1v) is 5.62. The highest BCUT2D eigenvalue weighted by Gasteiger charge is 1.99. The Hall–Kier alpha value is -0.240. The Morgan fingerprint density at radius 1 is 1.21 bits per heavy atom. The molecule has 0 aliphatic heterocycles. The first-order valence-electron chi connectivity index (χ1n) is 4.71. The van der Waals surface area contributed by atoms with Gasteiger partial charge in [-0.2, -0.15) is 0 Å². The van der Waals surface area contributed by atoms with Gasteiger partial charge in [0.15, 0.2) is 0 Å². The molecule has 0 aliphatic carbocycles. The van der Waals surface area contributed by atoms with E-state index >= 15 is 0 Å². The van der Waals surface area contributed by atoms with Crippen LogP contribution in [0.2, 0.25) is 5.02 Å². The maximum atomic E-state index is 5.80. The summed E-state index contributed by atoms with van der Waals surface area (Å²) in [5.41, 5.74) is 1.28. The maximum absolute atomic E-state index is 5.80. The normalized spacial score (nSPS) is 10.9. The number of benzene rings is 1. The Labute approximate surface area is 95.6 Å². The van der Waals surface area contributed by atoms with E-state index in [2.05, 4.69) is 24.1 Å². The molecule has 0 unspecified atom stereocenters. The molecule has 0 radical (unpaired) electrons. The van der Waals surface area contributed by atoms with Crippen LogP contribution >= 0.6 is 23.2 Å². The van der Waals surface area contributed by atoms with Crippen molar-refractivity contribution in [1.82, 2.24) is 4.90 Å². The summed E-state index contributed by atoms with van der Waals surface area (Å²) >= 11 is 11.4. The molecule has 0 spiro atoms. The van der Waals surface area contributed by atoms with Crippen LogP contribution in [0.25, 0.3) is 0 Å². The van der Waals surface area contributed by atoms with E-state index in [0.717, 1.165) is 30.4 Å². The lowest BCUT2D eigenvalue weighted by atomic mass is 10.2. The second-order valence-corrected chi connectivity index (χ2v) is 4.22. The topological polar surface area (TPSA) is 3.24 Å². The fourth-order valence-electron chi connectivity index (χ4n) is 1.31. The predicted octanol–water partition coefficient (Wildman–Crippen LogP) is 3.40. The van der Waals surface area contributed by atoms with E-state index < -0.39 is 0 Å². The average molecular weight is 232 g/mol.